The van der Waals surface area contributed by atoms with Gasteiger partial charge in [-0.05, 0) is 30.4 Å². The summed E-state index contributed by atoms with van der Waals surface area (Å²) in [5.74, 6) is 1.83. The molecule has 22 heavy (non-hydrogen) atoms. The van der Waals surface area contributed by atoms with Gasteiger partial charge in [-0.25, -0.2) is 0 Å². The molecule has 0 radical (unpaired) electrons. The maximum atomic E-state index is 5.93. The number of anilines is 1. The van der Waals surface area contributed by atoms with Crippen LogP contribution in [-0.2, 0) is 0 Å². The Morgan fingerprint density at radius 2 is 1.91 bits per heavy atom. The molecule has 0 spiro atoms. The monoisotopic (exact) mass is 307 g/mol. The van der Waals surface area contributed by atoms with E-state index in [9.17, 15) is 0 Å². The fraction of sp³-hybridized carbons (Fsp3) is 0.588. The van der Waals surface area contributed by atoms with Gasteiger partial charge in [0, 0.05) is 12.6 Å². The highest BCUT2D eigenvalue weighted by molar-refractivity contribution is 5.93. The van der Waals surface area contributed by atoms with Crippen molar-refractivity contribution in [3.8, 4) is 11.5 Å². The minimum Gasteiger partial charge on any atom is -0.497 e. The molecule has 0 aromatic heterocycles. The molecular weight excluding hydrogens is 278 g/mol. The summed E-state index contributed by atoms with van der Waals surface area (Å²) in [6.07, 6.45) is 3.39. The summed E-state index contributed by atoms with van der Waals surface area (Å²) in [6.45, 7) is 7.48. The quantitative estimate of drug-likeness (QED) is 0.458. The fourth-order valence-corrected chi connectivity index (χ4v) is 2.06. The predicted octanol–water partition coefficient (Wildman–Crippen LogP) is 3.65. The molecule has 3 N–H and O–H groups in total. The lowest BCUT2D eigenvalue weighted by Gasteiger charge is -2.17. The van der Waals surface area contributed by atoms with Gasteiger partial charge in [-0.1, -0.05) is 27.2 Å². The molecule has 0 saturated heterocycles. The van der Waals surface area contributed by atoms with Gasteiger partial charge in [0.05, 0.1) is 19.9 Å². The number of ether oxygens (including phenoxy) is 2. The van der Waals surface area contributed by atoms with Crippen molar-refractivity contribution in [1.82, 2.24) is 0 Å². The molecule has 5 nitrogen and oxygen atoms in total. The molecule has 0 aliphatic heterocycles. The molecule has 1 aromatic rings. The zero-order valence-electron chi connectivity index (χ0n) is 14.4. The number of nitrogens with one attached hydrogen (secondary N) is 1. The molecule has 0 bridgehead atoms. The molecule has 5 heteroatoms. The number of nitrogens with zero attached hydrogens (tertiary/aromatic N) is 1. The summed E-state index contributed by atoms with van der Waals surface area (Å²) in [5, 5.41) is 3.07. The van der Waals surface area contributed by atoms with Crippen LogP contribution in [0.3, 0.4) is 0 Å². The minimum atomic E-state index is 0.376. The molecule has 0 saturated carbocycles. The van der Waals surface area contributed by atoms with Gasteiger partial charge in [-0.2, -0.15) is 0 Å². The van der Waals surface area contributed by atoms with Crippen LogP contribution in [0.15, 0.2) is 23.2 Å². The molecule has 0 amide bonds. The number of benzene rings is 1. The summed E-state index contributed by atoms with van der Waals surface area (Å²) >= 11 is 0. The summed E-state index contributed by atoms with van der Waals surface area (Å²) < 4.78 is 10.5. The smallest absolute Gasteiger partial charge is 0.193 e. The average Bonchev–Trinajstić information content (AvgIpc) is 2.45. The zero-order valence-corrected chi connectivity index (χ0v) is 14.4. The van der Waals surface area contributed by atoms with Crippen molar-refractivity contribution >= 4 is 11.6 Å². The van der Waals surface area contributed by atoms with Gasteiger partial charge in [-0.15, -0.1) is 0 Å². The Bertz CT molecular complexity index is 493. The number of aliphatic imine (C=N–C) groups is 1. The molecule has 0 aliphatic carbocycles. The second kappa shape index (κ2) is 8.51. The van der Waals surface area contributed by atoms with Crippen molar-refractivity contribution in [3.05, 3.63) is 18.2 Å². The largest absolute Gasteiger partial charge is 0.497 e. The van der Waals surface area contributed by atoms with Crippen molar-refractivity contribution in [2.45, 2.75) is 40.0 Å². The van der Waals surface area contributed by atoms with Crippen molar-refractivity contribution < 1.29 is 9.47 Å². The van der Waals surface area contributed by atoms with Crippen LogP contribution in [0, 0.1) is 5.41 Å². The lowest BCUT2D eigenvalue weighted by Crippen LogP contribution is -2.23. The number of unbranched alkanes of at least 4 members (excludes halogenated alkanes) is 1. The summed E-state index contributed by atoms with van der Waals surface area (Å²) in [4.78, 5) is 4.36. The minimum absolute atomic E-state index is 0.376. The van der Waals surface area contributed by atoms with Gasteiger partial charge in [0.1, 0.15) is 11.5 Å². The first-order chi connectivity index (χ1) is 10.4. The second-order valence-corrected chi connectivity index (χ2v) is 6.48. The van der Waals surface area contributed by atoms with E-state index in [1.54, 1.807) is 14.2 Å². The molecule has 0 atom stereocenters. The molecular formula is C17H29N3O2. The van der Waals surface area contributed by atoms with Gasteiger partial charge in [-0.3, -0.25) is 4.99 Å². The zero-order chi connectivity index (χ0) is 16.6. The van der Waals surface area contributed by atoms with Gasteiger partial charge in [0.2, 0.25) is 0 Å². The Hall–Kier alpha value is -1.91. The Morgan fingerprint density at radius 3 is 2.50 bits per heavy atom. The lowest BCUT2D eigenvalue weighted by molar-refractivity contribution is 0.361. The normalized spacial score (nSPS) is 12.1. The number of hydrogen-bond donors (Lipinski definition) is 2. The number of rotatable bonds is 7. The van der Waals surface area contributed by atoms with Crippen molar-refractivity contribution in [1.29, 1.82) is 0 Å². The first kappa shape index (κ1) is 18.1. The number of nitrogens with two attached hydrogens (primary N) is 1. The first-order valence-electron chi connectivity index (χ1n) is 7.64. The van der Waals surface area contributed by atoms with E-state index in [0.717, 1.165) is 30.8 Å². The number of hydrogen-bond acceptors (Lipinski definition) is 3. The Kier molecular flexibility index (Phi) is 7.02. The van der Waals surface area contributed by atoms with E-state index in [4.69, 9.17) is 15.2 Å². The maximum Gasteiger partial charge on any atom is 0.193 e. The third kappa shape index (κ3) is 6.70. The van der Waals surface area contributed by atoms with E-state index in [-0.39, 0.29) is 0 Å². The molecule has 0 aliphatic rings. The van der Waals surface area contributed by atoms with Crippen molar-refractivity contribution in [2.75, 3.05) is 26.1 Å². The van der Waals surface area contributed by atoms with E-state index in [0.29, 0.717) is 17.1 Å². The highest BCUT2D eigenvalue weighted by Gasteiger charge is 2.09. The topological polar surface area (TPSA) is 68.9 Å². The summed E-state index contributed by atoms with van der Waals surface area (Å²) in [5.41, 5.74) is 7.06. The van der Waals surface area contributed by atoms with E-state index < -0.39 is 0 Å². The van der Waals surface area contributed by atoms with Crippen molar-refractivity contribution in [3.63, 3.8) is 0 Å². The van der Waals surface area contributed by atoms with Crippen LogP contribution in [0.1, 0.15) is 40.0 Å². The third-order valence-corrected chi connectivity index (χ3v) is 3.29. The van der Waals surface area contributed by atoms with Crippen LogP contribution in [0.5, 0.6) is 11.5 Å². The molecule has 1 aromatic carbocycles. The van der Waals surface area contributed by atoms with Crippen LogP contribution in [-0.4, -0.2) is 26.7 Å². The molecule has 1 rings (SSSR count). The average molecular weight is 307 g/mol. The van der Waals surface area contributed by atoms with Crippen LogP contribution in [0.4, 0.5) is 5.69 Å². The molecule has 0 fully saturated rings. The van der Waals surface area contributed by atoms with Gasteiger partial charge in [0.25, 0.3) is 0 Å². The van der Waals surface area contributed by atoms with E-state index in [1.165, 1.54) is 6.42 Å². The van der Waals surface area contributed by atoms with E-state index >= 15 is 0 Å². The number of methoxy groups -OCH3 is 2. The van der Waals surface area contributed by atoms with Gasteiger partial charge in [0.15, 0.2) is 5.96 Å². The Morgan fingerprint density at radius 1 is 1.18 bits per heavy atom. The highest BCUT2D eigenvalue weighted by Crippen LogP contribution is 2.28. The SMILES string of the molecule is COc1ccc(OC)c(NC(N)=NCCCCC(C)(C)C)c1. The Balaban J connectivity index is 2.53. The van der Waals surface area contributed by atoms with Crippen LogP contribution in [0.25, 0.3) is 0 Å². The van der Waals surface area contributed by atoms with E-state index in [2.05, 4.69) is 31.1 Å². The third-order valence-electron chi connectivity index (χ3n) is 3.29. The van der Waals surface area contributed by atoms with Crippen LogP contribution in [0.2, 0.25) is 0 Å². The Labute approximate surface area is 133 Å². The predicted molar refractivity (Wildman–Crippen MR) is 93.0 cm³/mol. The fourth-order valence-electron chi connectivity index (χ4n) is 2.06. The standard InChI is InChI=1S/C17H29N3O2/c1-17(2,3)10-6-7-11-19-16(18)20-14-12-13(21-4)8-9-15(14)22-5/h8-9,12H,6-7,10-11H2,1-5H3,(H3,18,19,20). The van der Waals surface area contributed by atoms with Crippen molar-refractivity contribution in [2.24, 2.45) is 16.1 Å². The molecule has 0 heterocycles. The second-order valence-electron chi connectivity index (χ2n) is 6.48. The summed E-state index contributed by atoms with van der Waals surface area (Å²) in [6, 6.07) is 5.50. The summed E-state index contributed by atoms with van der Waals surface area (Å²) in [7, 11) is 3.24. The first-order valence-corrected chi connectivity index (χ1v) is 7.64. The maximum absolute atomic E-state index is 5.93. The number of guanidine groups is 1. The lowest BCUT2D eigenvalue weighted by atomic mass is 9.90. The van der Waals surface area contributed by atoms with E-state index in [1.807, 2.05) is 18.2 Å². The molecule has 124 valence electrons. The van der Waals surface area contributed by atoms with Crippen LogP contribution >= 0.6 is 0 Å². The molecule has 0 unspecified atom stereocenters. The van der Waals surface area contributed by atoms with Crippen LogP contribution < -0.4 is 20.5 Å². The van der Waals surface area contributed by atoms with Gasteiger partial charge < -0.3 is 20.5 Å². The van der Waals surface area contributed by atoms with Gasteiger partial charge >= 0.3 is 0 Å². The highest BCUT2D eigenvalue weighted by atomic mass is 16.5.